The van der Waals surface area contributed by atoms with Crippen molar-refractivity contribution in [1.82, 2.24) is 0 Å². The van der Waals surface area contributed by atoms with E-state index in [1.54, 1.807) is 0 Å². The molecule has 0 radical (unpaired) electrons. The van der Waals surface area contributed by atoms with Gasteiger partial charge in [0.25, 0.3) is 0 Å². The molecule has 1 N–H and O–H groups in total. The molecule has 0 bridgehead atoms. The van der Waals surface area contributed by atoms with E-state index in [9.17, 15) is 0 Å². The molecule has 2 aromatic rings. The Hall–Kier alpha value is -0.450. The Balaban J connectivity index is 2.09. The number of nitrogens with one attached hydrogen (secondary N) is 1. The summed E-state index contributed by atoms with van der Waals surface area (Å²) in [6, 6.07) is 12.0. The molecule has 0 spiro atoms. The lowest BCUT2D eigenvalue weighted by atomic mass is 10.1. The van der Waals surface area contributed by atoms with E-state index in [4.69, 9.17) is 23.2 Å². The molecule has 1 nitrogen and oxygen atoms in total. The van der Waals surface area contributed by atoms with Crippen LogP contribution in [-0.4, -0.2) is 0 Å². The molecular formula is C14H12Cl2IN. The van der Waals surface area contributed by atoms with Crippen molar-refractivity contribution in [2.75, 3.05) is 5.32 Å². The van der Waals surface area contributed by atoms with Crippen LogP contribution in [0.15, 0.2) is 36.4 Å². The Kier molecular flexibility index (Phi) is 4.76. The summed E-state index contributed by atoms with van der Waals surface area (Å²) in [5.41, 5.74) is 3.17. The summed E-state index contributed by atoms with van der Waals surface area (Å²) in [5.74, 6) is 0. The van der Waals surface area contributed by atoms with Gasteiger partial charge in [-0.15, -0.1) is 0 Å². The quantitative estimate of drug-likeness (QED) is 0.679. The number of hydrogen-bond donors (Lipinski definition) is 1. The van der Waals surface area contributed by atoms with Crippen molar-refractivity contribution in [3.63, 3.8) is 0 Å². The summed E-state index contributed by atoms with van der Waals surface area (Å²) in [7, 11) is 0. The zero-order valence-corrected chi connectivity index (χ0v) is 13.5. The molecule has 18 heavy (non-hydrogen) atoms. The first-order valence-electron chi connectivity index (χ1n) is 5.50. The highest BCUT2D eigenvalue weighted by molar-refractivity contribution is 14.1. The average molecular weight is 392 g/mol. The van der Waals surface area contributed by atoms with Crippen molar-refractivity contribution in [3.8, 4) is 0 Å². The lowest BCUT2D eigenvalue weighted by molar-refractivity contribution is 1.14. The first-order valence-corrected chi connectivity index (χ1v) is 7.33. The first-order chi connectivity index (χ1) is 8.56. The summed E-state index contributed by atoms with van der Waals surface area (Å²) >= 11 is 14.5. The third-order valence-electron chi connectivity index (χ3n) is 2.65. The molecule has 0 saturated carbocycles. The van der Waals surface area contributed by atoms with Gasteiger partial charge in [-0.3, -0.25) is 0 Å². The smallest absolute Gasteiger partial charge is 0.0648 e. The molecule has 0 heterocycles. The van der Waals surface area contributed by atoms with Crippen LogP contribution in [0.2, 0.25) is 10.0 Å². The molecule has 4 heteroatoms. The van der Waals surface area contributed by atoms with Gasteiger partial charge >= 0.3 is 0 Å². The van der Waals surface area contributed by atoms with Gasteiger partial charge in [-0.2, -0.15) is 0 Å². The number of hydrogen-bond acceptors (Lipinski definition) is 1. The van der Waals surface area contributed by atoms with Crippen molar-refractivity contribution >= 4 is 51.5 Å². The zero-order chi connectivity index (χ0) is 13.1. The van der Waals surface area contributed by atoms with E-state index in [1.807, 2.05) is 37.3 Å². The van der Waals surface area contributed by atoms with Crippen molar-refractivity contribution in [2.24, 2.45) is 0 Å². The van der Waals surface area contributed by atoms with Crippen LogP contribution in [0.4, 0.5) is 5.69 Å². The van der Waals surface area contributed by atoms with Crippen LogP contribution >= 0.6 is 45.8 Å². The van der Waals surface area contributed by atoms with Gasteiger partial charge < -0.3 is 5.32 Å². The van der Waals surface area contributed by atoms with Gasteiger partial charge in [-0.05, 0) is 64.9 Å². The van der Waals surface area contributed by atoms with E-state index in [1.165, 1.54) is 0 Å². The largest absolute Gasteiger partial charge is 0.380 e. The number of benzene rings is 2. The number of aryl methyl sites for hydroxylation is 1. The Morgan fingerprint density at radius 1 is 1.06 bits per heavy atom. The summed E-state index contributed by atoms with van der Waals surface area (Å²) in [6.07, 6.45) is 0. The molecule has 0 saturated heterocycles. The average Bonchev–Trinajstić information content (AvgIpc) is 2.32. The van der Waals surface area contributed by atoms with Crippen molar-refractivity contribution in [2.45, 2.75) is 13.5 Å². The Morgan fingerprint density at radius 3 is 2.50 bits per heavy atom. The highest BCUT2D eigenvalue weighted by Gasteiger charge is 2.02. The number of halogens is 3. The predicted molar refractivity (Wildman–Crippen MR) is 87.7 cm³/mol. The van der Waals surface area contributed by atoms with Crippen LogP contribution in [0.5, 0.6) is 0 Å². The van der Waals surface area contributed by atoms with Gasteiger partial charge in [0.1, 0.15) is 0 Å². The second kappa shape index (κ2) is 6.13. The Morgan fingerprint density at radius 2 is 1.83 bits per heavy atom. The molecule has 0 aliphatic rings. The standard InChI is InChI=1S/C14H12Cl2IN/c1-9-2-3-10(6-12(9)15)8-18-14-5-4-11(17)7-13(14)16/h2-7,18H,8H2,1H3. The van der Waals surface area contributed by atoms with E-state index < -0.39 is 0 Å². The van der Waals surface area contributed by atoms with Gasteiger partial charge in [-0.25, -0.2) is 0 Å². The molecular weight excluding hydrogens is 380 g/mol. The minimum Gasteiger partial charge on any atom is -0.380 e. The molecule has 0 unspecified atom stereocenters. The lowest BCUT2D eigenvalue weighted by Gasteiger charge is -2.09. The lowest BCUT2D eigenvalue weighted by Crippen LogP contribution is -2.00. The van der Waals surface area contributed by atoms with E-state index in [2.05, 4.69) is 34.0 Å². The van der Waals surface area contributed by atoms with E-state index >= 15 is 0 Å². The molecule has 0 aromatic heterocycles. The van der Waals surface area contributed by atoms with Gasteiger partial charge in [-0.1, -0.05) is 35.3 Å². The minimum atomic E-state index is 0.709. The zero-order valence-electron chi connectivity index (χ0n) is 9.81. The van der Waals surface area contributed by atoms with Crippen molar-refractivity contribution < 1.29 is 0 Å². The molecule has 2 rings (SSSR count). The van der Waals surface area contributed by atoms with Crippen molar-refractivity contribution in [3.05, 3.63) is 61.1 Å². The van der Waals surface area contributed by atoms with Crippen molar-refractivity contribution in [1.29, 1.82) is 0 Å². The fraction of sp³-hybridized carbons (Fsp3) is 0.143. The summed E-state index contributed by atoms with van der Waals surface area (Å²) in [5, 5.41) is 4.84. The van der Waals surface area contributed by atoms with Crippen LogP contribution in [0.3, 0.4) is 0 Å². The number of anilines is 1. The van der Waals surface area contributed by atoms with Gasteiger partial charge in [0, 0.05) is 15.1 Å². The van der Waals surface area contributed by atoms with Crippen LogP contribution < -0.4 is 5.32 Å². The minimum absolute atomic E-state index is 0.709. The maximum atomic E-state index is 6.16. The predicted octanol–water partition coefficient (Wildman–Crippen LogP) is 5.52. The summed E-state index contributed by atoms with van der Waals surface area (Å²) < 4.78 is 1.13. The summed E-state index contributed by atoms with van der Waals surface area (Å²) in [4.78, 5) is 0. The second-order valence-electron chi connectivity index (χ2n) is 4.06. The summed E-state index contributed by atoms with van der Waals surface area (Å²) in [6.45, 7) is 2.70. The SMILES string of the molecule is Cc1ccc(CNc2ccc(I)cc2Cl)cc1Cl. The molecule has 0 fully saturated rings. The van der Waals surface area contributed by atoms with Crippen LogP contribution in [0.1, 0.15) is 11.1 Å². The molecule has 2 aromatic carbocycles. The number of rotatable bonds is 3. The highest BCUT2D eigenvalue weighted by atomic mass is 127. The van der Waals surface area contributed by atoms with E-state index in [0.717, 1.165) is 30.4 Å². The molecule has 0 amide bonds. The Bertz CT molecular complexity index is 570. The molecule has 94 valence electrons. The Labute approximate surface area is 131 Å². The van der Waals surface area contributed by atoms with Crippen LogP contribution in [-0.2, 0) is 6.54 Å². The third-order valence-corrected chi connectivity index (χ3v) is 4.04. The normalized spacial score (nSPS) is 10.4. The maximum absolute atomic E-state index is 6.16. The van der Waals surface area contributed by atoms with Crippen LogP contribution in [0, 0.1) is 10.5 Å². The van der Waals surface area contributed by atoms with E-state index in [-0.39, 0.29) is 0 Å². The molecule has 0 atom stereocenters. The van der Waals surface area contributed by atoms with E-state index in [0.29, 0.717) is 6.54 Å². The second-order valence-corrected chi connectivity index (χ2v) is 6.12. The molecule has 0 aliphatic heterocycles. The topological polar surface area (TPSA) is 12.0 Å². The fourth-order valence-corrected chi connectivity index (χ4v) is 2.70. The monoisotopic (exact) mass is 391 g/mol. The van der Waals surface area contributed by atoms with Gasteiger partial charge in [0.05, 0.1) is 10.7 Å². The maximum Gasteiger partial charge on any atom is 0.0648 e. The fourth-order valence-electron chi connectivity index (χ4n) is 1.58. The van der Waals surface area contributed by atoms with Gasteiger partial charge in [0.15, 0.2) is 0 Å². The molecule has 0 aliphatic carbocycles. The van der Waals surface area contributed by atoms with Crippen LogP contribution in [0.25, 0.3) is 0 Å². The third kappa shape index (κ3) is 3.53. The highest BCUT2D eigenvalue weighted by Crippen LogP contribution is 2.25. The van der Waals surface area contributed by atoms with Gasteiger partial charge in [0.2, 0.25) is 0 Å². The first kappa shape index (κ1) is 14.0.